The van der Waals surface area contributed by atoms with E-state index in [1.165, 1.54) is 0 Å². The molecule has 0 spiro atoms. The minimum absolute atomic E-state index is 0.543. The molecule has 0 N–H and O–H groups in total. The molecule has 16 rings (SSSR count). The number of hydrogen-bond donors (Lipinski definition) is 0. The minimum Gasteiger partial charge on any atom is -0.307 e. The molecule has 0 saturated heterocycles. The quantitative estimate of drug-likeness (QED) is 0.121. The first-order chi connectivity index (χ1) is 43.6. The molecule has 0 amide bonds. The van der Waals surface area contributed by atoms with Crippen molar-refractivity contribution in [3.8, 4) is 112 Å². The van der Waals surface area contributed by atoms with E-state index in [-0.39, 0.29) is 0 Å². The van der Waals surface area contributed by atoms with Crippen LogP contribution < -0.4 is 0 Å². The average molecular weight is 1120 g/mol. The Labute approximate surface area is 508 Å². The molecular weight excluding hydrogens is 1070 g/mol. The zero-order valence-corrected chi connectivity index (χ0v) is 47.4. The second kappa shape index (κ2) is 21.8. The van der Waals surface area contributed by atoms with Gasteiger partial charge < -0.3 is 4.57 Å². The maximum Gasteiger partial charge on any atom is 0.194 e. The molecule has 0 atom stereocenters. The van der Waals surface area contributed by atoms with Crippen LogP contribution >= 0.6 is 0 Å². The van der Waals surface area contributed by atoms with Gasteiger partial charge in [-0.25, -0.2) is 9.83 Å². The molecule has 16 aromatic rings. The molecule has 8 heteroatoms. The monoisotopic (exact) mass is 1120 g/mol. The Hall–Kier alpha value is -12.2. The van der Waals surface area contributed by atoms with Crippen molar-refractivity contribution in [2.45, 2.75) is 0 Å². The molecule has 0 bridgehead atoms. The number of aromatic nitrogens is 7. The zero-order chi connectivity index (χ0) is 58.5. The summed E-state index contributed by atoms with van der Waals surface area (Å²) in [5, 5.41) is 4.29. The van der Waals surface area contributed by atoms with Crippen LogP contribution in [0.1, 0.15) is 0 Å². The summed E-state index contributed by atoms with van der Waals surface area (Å²) >= 11 is 0. The Kier molecular flexibility index (Phi) is 12.7. The molecule has 0 aliphatic carbocycles. The number of rotatable bonds is 11. The second-order valence-electron chi connectivity index (χ2n) is 22.0. The van der Waals surface area contributed by atoms with Crippen LogP contribution in [0.4, 0.5) is 5.69 Å². The first-order valence-corrected chi connectivity index (χ1v) is 29.3. The van der Waals surface area contributed by atoms with Crippen molar-refractivity contribution < 1.29 is 0 Å². The van der Waals surface area contributed by atoms with Crippen LogP contribution in [-0.4, -0.2) is 34.1 Å². The van der Waals surface area contributed by atoms with Crippen molar-refractivity contribution in [2.24, 2.45) is 0 Å². The van der Waals surface area contributed by atoms with Gasteiger partial charge in [-0.05, 0) is 153 Å². The van der Waals surface area contributed by atoms with E-state index >= 15 is 0 Å². The summed E-state index contributed by atoms with van der Waals surface area (Å²) in [6.07, 6.45) is 9.58. The Morgan fingerprint density at radius 1 is 0.261 bits per heavy atom. The van der Waals surface area contributed by atoms with Gasteiger partial charge in [0.2, 0.25) is 0 Å². The van der Waals surface area contributed by atoms with E-state index in [4.69, 9.17) is 31.5 Å². The summed E-state index contributed by atoms with van der Waals surface area (Å²) in [6.45, 7) is 8.59. The van der Waals surface area contributed by atoms with Crippen molar-refractivity contribution in [1.29, 1.82) is 0 Å². The summed E-state index contributed by atoms with van der Waals surface area (Å²) < 4.78 is 4.60. The number of hydrogen-bond acceptors (Lipinski definition) is 5. The second-order valence-corrected chi connectivity index (χ2v) is 22.0. The van der Waals surface area contributed by atoms with Gasteiger partial charge in [0.15, 0.2) is 5.69 Å². The van der Waals surface area contributed by atoms with Crippen LogP contribution in [-0.2, 0) is 0 Å². The third-order valence-corrected chi connectivity index (χ3v) is 16.8. The molecule has 9 aromatic carbocycles. The van der Waals surface area contributed by atoms with Crippen LogP contribution in [0.2, 0.25) is 0 Å². The fourth-order valence-electron chi connectivity index (χ4n) is 12.5. The van der Waals surface area contributed by atoms with Gasteiger partial charge >= 0.3 is 0 Å². The molecule has 0 radical (unpaired) electrons. The van der Waals surface area contributed by atoms with Crippen LogP contribution in [0.15, 0.2) is 304 Å². The van der Waals surface area contributed by atoms with E-state index in [1.54, 1.807) is 0 Å². The summed E-state index contributed by atoms with van der Waals surface area (Å²) in [6, 6.07) is 95.3. The lowest BCUT2D eigenvalue weighted by atomic mass is 9.99. The SMILES string of the molecule is [C-]#[N+]c1ccccc1-c1cc(-n2c3ccc(-c4ccnc(-c5ccccc5)c4)cc3c3cc(-c4ccnc(-c5ccccc5)c4)ccc32)ncc1-n1c2ccc(-c3ccnc(-c4ccccc4)c3)cc2c2cc(-c3ccnc(-c4ccccc4)c3)ccc21. The van der Waals surface area contributed by atoms with Crippen molar-refractivity contribution in [3.05, 3.63) is 315 Å². The van der Waals surface area contributed by atoms with Gasteiger partial charge in [0.05, 0.1) is 63.3 Å². The lowest BCUT2D eigenvalue weighted by molar-refractivity contribution is 1.06. The van der Waals surface area contributed by atoms with Crippen LogP contribution in [0, 0.1) is 6.57 Å². The average Bonchev–Trinajstić information content (AvgIpc) is 1.81. The molecular formula is C80H50N8. The first kappa shape index (κ1) is 51.5. The van der Waals surface area contributed by atoms with Gasteiger partial charge in [0.1, 0.15) is 5.82 Å². The summed E-state index contributed by atoms with van der Waals surface area (Å²) in [5.41, 5.74) is 23.4. The number of nitrogens with zero attached hydrogens (tertiary/aromatic N) is 8. The third kappa shape index (κ3) is 9.24. The van der Waals surface area contributed by atoms with Crippen molar-refractivity contribution in [2.75, 3.05) is 0 Å². The van der Waals surface area contributed by atoms with E-state index in [0.717, 1.165) is 150 Å². The van der Waals surface area contributed by atoms with Gasteiger partial charge in [-0.1, -0.05) is 170 Å². The third-order valence-electron chi connectivity index (χ3n) is 16.8. The van der Waals surface area contributed by atoms with Crippen LogP contribution in [0.3, 0.4) is 0 Å². The fraction of sp³-hybridized carbons (Fsp3) is 0. The van der Waals surface area contributed by atoms with Crippen molar-refractivity contribution >= 4 is 49.3 Å². The van der Waals surface area contributed by atoms with E-state index in [2.05, 4.69) is 196 Å². The van der Waals surface area contributed by atoms with Gasteiger partial charge in [0.25, 0.3) is 0 Å². The molecule has 410 valence electrons. The highest BCUT2D eigenvalue weighted by Gasteiger charge is 2.23. The maximum atomic E-state index is 8.59. The molecule has 0 aliphatic heterocycles. The fourth-order valence-corrected chi connectivity index (χ4v) is 12.5. The number of pyridine rings is 5. The molecule has 0 saturated carbocycles. The number of fused-ring (bicyclic) bond motifs is 6. The van der Waals surface area contributed by atoms with Gasteiger partial charge in [0, 0.05) is 74.1 Å². The Balaban J connectivity index is 0.909. The Bertz CT molecular complexity index is 5110. The predicted molar refractivity (Wildman–Crippen MR) is 359 cm³/mol. The molecule has 88 heavy (non-hydrogen) atoms. The van der Waals surface area contributed by atoms with Crippen molar-refractivity contribution in [3.63, 3.8) is 0 Å². The highest BCUT2D eigenvalue weighted by Crippen LogP contribution is 2.44. The standard InChI is InChI=1S/C80H50N8/c1-81-70-25-15-14-24-64(70)69-50-80(88-77-32-28-58(62-36-40-84-73(48-62)54-20-10-4-11-21-54)44-67(77)68-45-59(29-33-78(68)88)63-37-41-85-74(49-63)55-22-12-5-13-23-55)86-51-79(69)87-75-30-26-56(60-34-38-82-71(46-60)52-16-6-2-7-17-52)42-65(75)66-43-57(27-31-76(66)87)61-35-39-83-72(47-61)53-18-8-3-9-19-53/h2-51H. The molecule has 0 unspecified atom stereocenters. The molecule has 0 aliphatic rings. The van der Waals surface area contributed by atoms with E-state index < -0.39 is 0 Å². The van der Waals surface area contributed by atoms with Crippen LogP contribution in [0.25, 0.3) is 161 Å². The topological polar surface area (TPSA) is 78.7 Å². The number of para-hydroxylation sites is 1. The Morgan fingerprint density at radius 2 is 0.580 bits per heavy atom. The number of benzene rings is 9. The van der Waals surface area contributed by atoms with Crippen molar-refractivity contribution in [1.82, 2.24) is 34.1 Å². The Morgan fingerprint density at radius 3 is 0.932 bits per heavy atom. The summed E-state index contributed by atoms with van der Waals surface area (Å²) in [4.78, 5) is 28.8. The van der Waals surface area contributed by atoms with Gasteiger partial charge in [-0.2, -0.15) is 0 Å². The molecule has 7 heterocycles. The normalized spacial score (nSPS) is 11.4. The predicted octanol–water partition coefficient (Wildman–Crippen LogP) is 20.4. The van der Waals surface area contributed by atoms with Gasteiger partial charge in [-0.15, -0.1) is 0 Å². The summed E-state index contributed by atoms with van der Waals surface area (Å²) in [7, 11) is 0. The molecule has 7 aromatic heterocycles. The van der Waals surface area contributed by atoms with Gasteiger partial charge in [-0.3, -0.25) is 24.5 Å². The van der Waals surface area contributed by atoms with E-state index in [1.807, 2.05) is 122 Å². The first-order valence-electron chi connectivity index (χ1n) is 29.3. The largest absolute Gasteiger partial charge is 0.307 e. The van der Waals surface area contributed by atoms with E-state index in [9.17, 15) is 0 Å². The van der Waals surface area contributed by atoms with Crippen LogP contribution in [0.5, 0.6) is 0 Å². The zero-order valence-electron chi connectivity index (χ0n) is 47.4. The maximum absolute atomic E-state index is 8.59. The lowest BCUT2D eigenvalue weighted by Crippen LogP contribution is -2.03. The summed E-state index contributed by atoms with van der Waals surface area (Å²) in [5.74, 6) is 0.716. The highest BCUT2D eigenvalue weighted by atomic mass is 15.1. The minimum atomic E-state index is 0.543. The van der Waals surface area contributed by atoms with E-state index in [0.29, 0.717) is 11.5 Å². The molecule has 8 nitrogen and oxygen atoms in total. The lowest BCUT2D eigenvalue weighted by Gasteiger charge is -2.17. The molecule has 0 fully saturated rings. The smallest absolute Gasteiger partial charge is 0.194 e. The highest BCUT2D eigenvalue weighted by molar-refractivity contribution is 6.14.